The van der Waals surface area contributed by atoms with E-state index in [2.05, 4.69) is 0 Å². The van der Waals surface area contributed by atoms with Crippen LogP contribution in [0.2, 0.25) is 0 Å². The molecule has 0 saturated heterocycles. The van der Waals surface area contributed by atoms with Gasteiger partial charge < -0.3 is 4.74 Å². The Morgan fingerprint density at radius 1 is 1.21 bits per heavy atom. The summed E-state index contributed by atoms with van der Waals surface area (Å²) in [5.74, 6) is 0.149. The number of rotatable bonds is 4. The van der Waals surface area contributed by atoms with Crippen molar-refractivity contribution in [3.8, 4) is 5.75 Å². The summed E-state index contributed by atoms with van der Waals surface area (Å²) >= 11 is 0. The zero-order valence-corrected chi connectivity index (χ0v) is 11.3. The first-order valence-corrected chi connectivity index (χ1v) is 7.32. The molecule has 4 nitrogen and oxygen atoms in total. The van der Waals surface area contributed by atoms with E-state index in [0.717, 1.165) is 6.26 Å². The van der Waals surface area contributed by atoms with Crippen molar-refractivity contribution in [2.24, 2.45) is 0 Å². The fourth-order valence-electron chi connectivity index (χ4n) is 1.85. The molecule has 102 valence electrons. The maximum absolute atomic E-state index is 13.2. The molecule has 2 aromatic rings. The lowest BCUT2D eigenvalue weighted by Crippen LogP contribution is -2.04. The van der Waals surface area contributed by atoms with Crippen molar-refractivity contribution >= 4 is 20.9 Å². The Kier molecular flexibility index (Phi) is 3.73. The van der Waals surface area contributed by atoms with Crippen molar-refractivity contribution in [1.82, 2.24) is 0 Å². The van der Waals surface area contributed by atoms with E-state index in [0.29, 0.717) is 22.1 Å². The van der Waals surface area contributed by atoms with Gasteiger partial charge >= 0.3 is 0 Å². The number of fused-ring (bicyclic) bond motifs is 1. The molecule has 0 heterocycles. The van der Waals surface area contributed by atoms with Crippen LogP contribution < -0.4 is 4.74 Å². The van der Waals surface area contributed by atoms with Gasteiger partial charge in [-0.1, -0.05) is 12.1 Å². The topological polar surface area (TPSA) is 52.6 Å². The van der Waals surface area contributed by atoms with E-state index in [1.165, 1.54) is 19.2 Å². The highest BCUT2D eigenvalue weighted by Gasteiger charge is 2.12. The third kappa shape index (κ3) is 3.21. The maximum atomic E-state index is 13.2. The molecular formula is C13H13FO4S. The molecule has 2 aromatic carbocycles. The molecular weight excluding hydrogens is 271 g/mol. The monoisotopic (exact) mass is 284 g/mol. The lowest BCUT2D eigenvalue weighted by atomic mass is 10.0. The number of benzene rings is 2. The van der Waals surface area contributed by atoms with Crippen LogP contribution in [0.4, 0.5) is 4.39 Å². The van der Waals surface area contributed by atoms with Gasteiger partial charge in [-0.25, -0.2) is 4.39 Å². The molecule has 2 rings (SSSR count). The Morgan fingerprint density at radius 2 is 1.95 bits per heavy atom. The first kappa shape index (κ1) is 13.8. The smallest absolute Gasteiger partial charge is 0.264 e. The average Bonchev–Trinajstić information content (AvgIpc) is 2.34. The van der Waals surface area contributed by atoms with Gasteiger partial charge in [0.1, 0.15) is 11.6 Å². The summed E-state index contributed by atoms with van der Waals surface area (Å²) in [6, 6.07) is 7.63. The van der Waals surface area contributed by atoms with Gasteiger partial charge in [-0.3, -0.25) is 4.18 Å². The second-order valence-corrected chi connectivity index (χ2v) is 5.72. The largest absolute Gasteiger partial charge is 0.496 e. The molecule has 0 aliphatic carbocycles. The van der Waals surface area contributed by atoms with Crippen molar-refractivity contribution in [2.45, 2.75) is 6.61 Å². The number of ether oxygens (including phenoxy) is 1. The van der Waals surface area contributed by atoms with E-state index >= 15 is 0 Å². The highest BCUT2D eigenvalue weighted by molar-refractivity contribution is 7.85. The van der Waals surface area contributed by atoms with Gasteiger partial charge in [0.05, 0.1) is 20.0 Å². The molecule has 0 atom stereocenters. The predicted molar refractivity (Wildman–Crippen MR) is 70.1 cm³/mol. The van der Waals surface area contributed by atoms with Crippen LogP contribution in [0.15, 0.2) is 30.3 Å². The maximum Gasteiger partial charge on any atom is 0.264 e. The first-order chi connectivity index (χ1) is 8.90. The van der Waals surface area contributed by atoms with Crippen molar-refractivity contribution in [3.05, 3.63) is 41.7 Å². The molecule has 0 spiro atoms. The minimum Gasteiger partial charge on any atom is -0.496 e. The highest BCUT2D eigenvalue weighted by atomic mass is 32.2. The Hall–Kier alpha value is -1.66. The summed E-state index contributed by atoms with van der Waals surface area (Å²) in [5, 5.41) is 1.36. The second-order valence-electron chi connectivity index (χ2n) is 4.08. The van der Waals surface area contributed by atoms with E-state index in [4.69, 9.17) is 8.92 Å². The standard InChI is InChI=1S/C13H13FO4S/c1-17-13-6-3-9-7-10(14)4-5-11(9)12(13)8-18-19(2,15)16/h3-7H,8H2,1-2H3. The molecule has 0 bridgehead atoms. The van der Waals surface area contributed by atoms with Gasteiger partial charge in [0.2, 0.25) is 0 Å². The molecule has 0 aliphatic rings. The normalized spacial score (nSPS) is 11.7. The second kappa shape index (κ2) is 5.14. The molecule has 0 unspecified atom stereocenters. The van der Waals surface area contributed by atoms with Crippen molar-refractivity contribution in [2.75, 3.05) is 13.4 Å². The molecule has 0 aromatic heterocycles. The van der Waals surface area contributed by atoms with Crippen LogP contribution in [0, 0.1) is 5.82 Å². The summed E-state index contributed by atoms with van der Waals surface area (Å²) in [6.45, 7) is -0.148. The van der Waals surface area contributed by atoms with Crippen LogP contribution in [-0.2, 0) is 20.9 Å². The zero-order valence-electron chi connectivity index (χ0n) is 10.5. The van der Waals surface area contributed by atoms with Gasteiger partial charge in [0, 0.05) is 5.56 Å². The van der Waals surface area contributed by atoms with Gasteiger partial charge in [0.25, 0.3) is 10.1 Å². The third-order valence-corrected chi connectivity index (χ3v) is 3.23. The van der Waals surface area contributed by atoms with Crippen LogP contribution in [-0.4, -0.2) is 21.8 Å². The Morgan fingerprint density at radius 3 is 2.58 bits per heavy atom. The molecule has 0 N–H and O–H groups in total. The lowest BCUT2D eigenvalue weighted by Gasteiger charge is -2.11. The summed E-state index contributed by atoms with van der Waals surface area (Å²) in [6.07, 6.45) is 0.976. The Bertz CT molecular complexity index is 710. The molecule has 0 radical (unpaired) electrons. The van der Waals surface area contributed by atoms with E-state index in [1.54, 1.807) is 18.2 Å². The van der Waals surface area contributed by atoms with Crippen LogP contribution in [0.5, 0.6) is 5.75 Å². The molecule has 6 heteroatoms. The summed E-state index contributed by atoms with van der Waals surface area (Å²) in [4.78, 5) is 0. The fraction of sp³-hybridized carbons (Fsp3) is 0.231. The van der Waals surface area contributed by atoms with Gasteiger partial charge in [-0.05, 0) is 29.0 Å². The van der Waals surface area contributed by atoms with Crippen LogP contribution in [0.25, 0.3) is 10.8 Å². The molecule has 0 aliphatic heterocycles. The average molecular weight is 284 g/mol. The quantitative estimate of drug-likeness (QED) is 0.809. The number of hydrogen-bond acceptors (Lipinski definition) is 4. The summed E-state index contributed by atoms with van der Waals surface area (Å²) in [7, 11) is -2.07. The minimum atomic E-state index is -3.55. The van der Waals surface area contributed by atoms with E-state index in [1.807, 2.05) is 0 Å². The van der Waals surface area contributed by atoms with Crippen molar-refractivity contribution < 1.29 is 21.7 Å². The molecule has 0 saturated carbocycles. The first-order valence-electron chi connectivity index (χ1n) is 5.50. The SMILES string of the molecule is COc1ccc2cc(F)ccc2c1COS(C)(=O)=O. The third-order valence-electron chi connectivity index (χ3n) is 2.69. The number of methoxy groups -OCH3 is 1. The minimum absolute atomic E-state index is 0.148. The van der Waals surface area contributed by atoms with Gasteiger partial charge in [-0.15, -0.1) is 0 Å². The van der Waals surface area contributed by atoms with Crippen molar-refractivity contribution in [3.63, 3.8) is 0 Å². The number of hydrogen-bond donors (Lipinski definition) is 0. The summed E-state index contributed by atoms with van der Waals surface area (Å²) < 4.78 is 45.3. The molecule has 0 fully saturated rings. The Balaban J connectivity index is 2.54. The molecule has 0 amide bonds. The van der Waals surface area contributed by atoms with E-state index in [9.17, 15) is 12.8 Å². The van der Waals surface area contributed by atoms with Crippen LogP contribution in [0.3, 0.4) is 0 Å². The zero-order chi connectivity index (χ0) is 14.0. The van der Waals surface area contributed by atoms with Crippen molar-refractivity contribution in [1.29, 1.82) is 0 Å². The predicted octanol–water partition coefficient (Wildman–Crippen LogP) is 2.46. The van der Waals surface area contributed by atoms with Crippen LogP contribution >= 0.6 is 0 Å². The summed E-state index contributed by atoms with van der Waals surface area (Å²) in [5.41, 5.74) is 0.574. The van der Waals surface area contributed by atoms with Gasteiger partial charge in [0.15, 0.2) is 0 Å². The number of halogens is 1. The fourth-order valence-corrected chi connectivity index (χ4v) is 2.18. The lowest BCUT2D eigenvalue weighted by molar-refractivity contribution is 0.304. The van der Waals surface area contributed by atoms with Crippen LogP contribution in [0.1, 0.15) is 5.56 Å². The molecule has 19 heavy (non-hydrogen) atoms. The Labute approximate surface area is 110 Å². The van der Waals surface area contributed by atoms with E-state index in [-0.39, 0.29) is 12.4 Å². The highest BCUT2D eigenvalue weighted by Crippen LogP contribution is 2.29. The van der Waals surface area contributed by atoms with E-state index < -0.39 is 10.1 Å². The van der Waals surface area contributed by atoms with Gasteiger partial charge in [-0.2, -0.15) is 8.42 Å².